The predicted octanol–water partition coefficient (Wildman–Crippen LogP) is 3.83. The third kappa shape index (κ3) is 3.45. The Hall–Kier alpha value is -3.28. The van der Waals surface area contributed by atoms with E-state index in [0.29, 0.717) is 24.1 Å². The van der Waals surface area contributed by atoms with Crippen LogP contribution in [0.4, 0.5) is 14.5 Å². The van der Waals surface area contributed by atoms with Crippen molar-refractivity contribution >= 4 is 28.3 Å². The molecule has 142 valence electrons. The van der Waals surface area contributed by atoms with Crippen molar-refractivity contribution in [3.63, 3.8) is 0 Å². The van der Waals surface area contributed by atoms with Gasteiger partial charge in [-0.05, 0) is 35.4 Å². The highest BCUT2D eigenvalue weighted by Gasteiger charge is 2.27. The molecule has 0 radical (unpaired) electrons. The minimum atomic E-state index is -0.708. The van der Waals surface area contributed by atoms with Gasteiger partial charge in [0.05, 0.1) is 5.69 Å². The van der Waals surface area contributed by atoms with Crippen molar-refractivity contribution in [3.05, 3.63) is 77.4 Å². The largest absolute Gasteiger partial charge is 0.352 e. The first-order chi connectivity index (χ1) is 13.5. The summed E-state index contributed by atoms with van der Waals surface area (Å²) < 4.78 is 27.3. The van der Waals surface area contributed by atoms with E-state index in [1.165, 1.54) is 11.0 Å². The molecule has 6 heteroatoms. The topological polar surface area (TPSA) is 49.4 Å². The van der Waals surface area contributed by atoms with Crippen LogP contribution in [0.2, 0.25) is 0 Å². The van der Waals surface area contributed by atoms with Crippen molar-refractivity contribution in [1.29, 1.82) is 0 Å². The van der Waals surface area contributed by atoms with Gasteiger partial charge in [0.2, 0.25) is 5.91 Å². The first-order valence-electron chi connectivity index (χ1n) is 9.08. The zero-order chi connectivity index (χ0) is 19.7. The van der Waals surface area contributed by atoms with Crippen LogP contribution in [0.1, 0.15) is 22.3 Å². The summed E-state index contributed by atoms with van der Waals surface area (Å²) in [6.45, 7) is 0.460. The number of hydrogen-bond donors (Lipinski definition) is 1. The molecule has 0 atom stereocenters. The van der Waals surface area contributed by atoms with Gasteiger partial charge in [-0.1, -0.05) is 30.3 Å². The van der Waals surface area contributed by atoms with Gasteiger partial charge < -0.3 is 10.2 Å². The van der Waals surface area contributed by atoms with Crippen LogP contribution in [0.3, 0.4) is 0 Å². The summed E-state index contributed by atoms with van der Waals surface area (Å²) in [6, 6.07) is 15.2. The molecule has 0 unspecified atom stereocenters. The van der Waals surface area contributed by atoms with Crippen LogP contribution in [0.25, 0.3) is 10.8 Å². The highest BCUT2D eigenvalue weighted by molar-refractivity contribution is 5.99. The van der Waals surface area contributed by atoms with Gasteiger partial charge in [0.1, 0.15) is 11.6 Å². The van der Waals surface area contributed by atoms with Gasteiger partial charge >= 0.3 is 0 Å². The lowest BCUT2D eigenvalue weighted by atomic mass is 10.1. The highest BCUT2D eigenvalue weighted by Crippen LogP contribution is 2.31. The summed E-state index contributed by atoms with van der Waals surface area (Å²) in [5, 5.41) is 4.74. The molecular formula is C22H18F2N2O2. The normalized spacial score (nSPS) is 12.9. The van der Waals surface area contributed by atoms with Crippen LogP contribution in [0.15, 0.2) is 54.6 Å². The van der Waals surface area contributed by atoms with Crippen LogP contribution in [0, 0.1) is 11.6 Å². The molecule has 4 rings (SSSR count). The molecule has 0 fully saturated rings. The van der Waals surface area contributed by atoms with Gasteiger partial charge in [-0.15, -0.1) is 0 Å². The van der Waals surface area contributed by atoms with E-state index >= 15 is 0 Å². The molecule has 3 aromatic rings. The van der Waals surface area contributed by atoms with E-state index in [-0.39, 0.29) is 30.5 Å². The van der Waals surface area contributed by atoms with Crippen LogP contribution < -0.4 is 10.2 Å². The fourth-order valence-corrected chi connectivity index (χ4v) is 3.53. The number of rotatable bonds is 4. The van der Waals surface area contributed by atoms with Gasteiger partial charge in [0.25, 0.3) is 5.91 Å². The van der Waals surface area contributed by atoms with Gasteiger partial charge in [0, 0.05) is 36.7 Å². The third-order valence-electron chi connectivity index (χ3n) is 4.95. The van der Waals surface area contributed by atoms with E-state index in [4.69, 9.17) is 0 Å². The zero-order valence-electron chi connectivity index (χ0n) is 15.0. The molecule has 4 nitrogen and oxygen atoms in total. The van der Waals surface area contributed by atoms with Crippen molar-refractivity contribution < 1.29 is 18.4 Å². The van der Waals surface area contributed by atoms with Crippen LogP contribution in [-0.2, 0) is 11.2 Å². The molecule has 0 saturated carbocycles. The molecule has 0 bridgehead atoms. The Morgan fingerprint density at radius 1 is 1.00 bits per heavy atom. The summed E-state index contributed by atoms with van der Waals surface area (Å²) in [5.41, 5.74) is 1.15. The highest BCUT2D eigenvalue weighted by atomic mass is 19.1. The number of anilines is 1. The molecule has 0 aliphatic carbocycles. The Labute approximate surface area is 160 Å². The number of carbonyl (C=O) groups excluding carboxylic acids is 2. The second-order valence-electron chi connectivity index (χ2n) is 6.75. The molecular weight excluding hydrogens is 362 g/mol. The van der Waals surface area contributed by atoms with Crippen LogP contribution >= 0.6 is 0 Å². The van der Waals surface area contributed by atoms with Crippen molar-refractivity contribution in [2.24, 2.45) is 0 Å². The van der Waals surface area contributed by atoms with E-state index in [1.807, 2.05) is 30.3 Å². The summed E-state index contributed by atoms with van der Waals surface area (Å²) >= 11 is 0. The average Bonchev–Trinajstić information content (AvgIpc) is 3.11. The van der Waals surface area contributed by atoms with E-state index in [2.05, 4.69) is 5.32 Å². The summed E-state index contributed by atoms with van der Waals surface area (Å²) in [5.74, 6) is -1.88. The Morgan fingerprint density at radius 3 is 2.61 bits per heavy atom. The molecule has 2 amide bonds. The van der Waals surface area contributed by atoms with Gasteiger partial charge in [-0.25, -0.2) is 8.78 Å². The third-order valence-corrected chi connectivity index (χ3v) is 4.95. The van der Waals surface area contributed by atoms with Crippen molar-refractivity contribution in [1.82, 2.24) is 5.32 Å². The van der Waals surface area contributed by atoms with E-state index in [9.17, 15) is 18.4 Å². The number of halogens is 2. The lowest BCUT2D eigenvalue weighted by Crippen LogP contribution is -2.33. The SMILES string of the molecule is O=C(NCCC(=O)N1CCc2c(F)cc(F)cc21)c1ccc2ccccc2c1. The Kier molecular flexibility index (Phi) is 4.77. The van der Waals surface area contributed by atoms with Crippen molar-refractivity contribution in [2.75, 3.05) is 18.0 Å². The molecule has 0 spiro atoms. The van der Waals surface area contributed by atoms with Crippen molar-refractivity contribution in [3.8, 4) is 0 Å². The smallest absolute Gasteiger partial charge is 0.251 e. The number of fused-ring (bicyclic) bond motifs is 2. The second kappa shape index (κ2) is 7.38. The molecule has 1 heterocycles. The molecule has 3 aromatic carbocycles. The summed E-state index contributed by atoms with van der Waals surface area (Å²) in [7, 11) is 0. The molecule has 1 aliphatic rings. The maximum atomic E-state index is 13.8. The monoisotopic (exact) mass is 380 g/mol. The predicted molar refractivity (Wildman–Crippen MR) is 103 cm³/mol. The summed E-state index contributed by atoms with van der Waals surface area (Å²) in [6.07, 6.45) is 0.410. The van der Waals surface area contributed by atoms with Gasteiger partial charge in [0.15, 0.2) is 0 Å². The maximum Gasteiger partial charge on any atom is 0.251 e. The zero-order valence-corrected chi connectivity index (χ0v) is 15.0. The fourth-order valence-electron chi connectivity index (χ4n) is 3.53. The number of carbonyl (C=O) groups is 2. The number of amides is 2. The number of benzene rings is 3. The Balaban J connectivity index is 1.38. The molecule has 0 aromatic heterocycles. The average molecular weight is 380 g/mol. The number of nitrogens with zero attached hydrogens (tertiary/aromatic N) is 1. The van der Waals surface area contributed by atoms with Crippen molar-refractivity contribution in [2.45, 2.75) is 12.8 Å². The fraction of sp³-hybridized carbons (Fsp3) is 0.182. The minimum absolute atomic E-state index is 0.0525. The van der Waals surface area contributed by atoms with E-state index < -0.39 is 11.6 Å². The Morgan fingerprint density at radius 2 is 1.79 bits per heavy atom. The minimum Gasteiger partial charge on any atom is -0.352 e. The second-order valence-corrected chi connectivity index (χ2v) is 6.75. The molecule has 1 N–H and O–H groups in total. The lowest BCUT2D eigenvalue weighted by molar-refractivity contribution is -0.118. The molecule has 1 aliphatic heterocycles. The van der Waals surface area contributed by atoms with Gasteiger partial charge in [-0.3, -0.25) is 9.59 Å². The quantitative estimate of drug-likeness (QED) is 0.748. The van der Waals surface area contributed by atoms with E-state index in [0.717, 1.165) is 16.8 Å². The first kappa shape index (κ1) is 18.1. The van der Waals surface area contributed by atoms with E-state index in [1.54, 1.807) is 12.1 Å². The first-order valence-corrected chi connectivity index (χ1v) is 9.08. The Bertz CT molecular complexity index is 1080. The maximum absolute atomic E-state index is 13.8. The number of nitrogens with one attached hydrogen (secondary N) is 1. The van der Waals surface area contributed by atoms with Gasteiger partial charge in [-0.2, -0.15) is 0 Å². The number of hydrogen-bond acceptors (Lipinski definition) is 2. The standard InChI is InChI=1S/C22H18F2N2O2/c23-17-12-19(24)18-8-10-26(20(18)13-17)21(27)7-9-25-22(28)16-6-5-14-3-1-2-4-15(14)11-16/h1-6,11-13H,7-10H2,(H,25,28). The van der Waals surface area contributed by atoms with Crippen LogP contribution in [0.5, 0.6) is 0 Å². The van der Waals surface area contributed by atoms with Crippen LogP contribution in [-0.4, -0.2) is 24.9 Å². The summed E-state index contributed by atoms with van der Waals surface area (Å²) in [4.78, 5) is 26.2. The lowest BCUT2D eigenvalue weighted by Gasteiger charge is -2.17. The molecule has 28 heavy (non-hydrogen) atoms. The molecule has 0 saturated heterocycles.